The smallest absolute Gasteiger partial charge is 0.252 e. The highest BCUT2D eigenvalue weighted by Gasteiger charge is 2.05. The molecule has 0 saturated carbocycles. The van der Waals surface area contributed by atoms with E-state index in [1.165, 1.54) is 18.5 Å². The van der Waals surface area contributed by atoms with Gasteiger partial charge < -0.3 is 5.32 Å². The van der Waals surface area contributed by atoms with Gasteiger partial charge in [0.15, 0.2) is 0 Å². The first-order valence-electron chi connectivity index (χ1n) is 5.55. The van der Waals surface area contributed by atoms with Gasteiger partial charge in [-0.05, 0) is 24.1 Å². The quantitative estimate of drug-likeness (QED) is 0.889. The average Bonchev–Trinajstić information content (AvgIpc) is 2.42. The molecule has 0 saturated heterocycles. The highest BCUT2D eigenvalue weighted by molar-refractivity contribution is 5.93. The van der Waals surface area contributed by atoms with E-state index >= 15 is 0 Å². The molecule has 0 spiro atoms. The van der Waals surface area contributed by atoms with Gasteiger partial charge in [0.1, 0.15) is 5.82 Å². The summed E-state index contributed by atoms with van der Waals surface area (Å²) in [5.41, 5.74) is 1.03. The van der Waals surface area contributed by atoms with Crippen LogP contribution in [0.1, 0.15) is 15.9 Å². The molecule has 92 valence electrons. The van der Waals surface area contributed by atoms with E-state index in [1.807, 2.05) is 0 Å². The van der Waals surface area contributed by atoms with Crippen molar-refractivity contribution in [2.24, 2.45) is 0 Å². The Morgan fingerprint density at radius 2 is 2.06 bits per heavy atom. The lowest BCUT2D eigenvalue weighted by Crippen LogP contribution is -2.26. The summed E-state index contributed by atoms with van der Waals surface area (Å²) in [4.78, 5) is 11.6. The highest BCUT2D eigenvalue weighted by atomic mass is 19.1. The van der Waals surface area contributed by atoms with Crippen molar-refractivity contribution in [2.45, 2.75) is 6.42 Å². The first kappa shape index (κ1) is 12.2. The Hall–Kier alpha value is -2.30. The lowest BCUT2D eigenvalue weighted by atomic mass is 10.1. The van der Waals surface area contributed by atoms with Crippen LogP contribution >= 0.6 is 0 Å². The molecule has 0 unspecified atom stereocenters. The summed E-state index contributed by atoms with van der Waals surface area (Å²) >= 11 is 0. The van der Waals surface area contributed by atoms with Gasteiger partial charge in [0.2, 0.25) is 0 Å². The SMILES string of the molecule is O=C(NCCc1ccccc1F)c1ccnnc1. The zero-order valence-electron chi connectivity index (χ0n) is 9.64. The van der Waals surface area contributed by atoms with Crippen molar-refractivity contribution in [3.8, 4) is 0 Å². The lowest BCUT2D eigenvalue weighted by Gasteiger charge is -2.05. The van der Waals surface area contributed by atoms with Crippen molar-refractivity contribution in [1.82, 2.24) is 15.5 Å². The molecule has 18 heavy (non-hydrogen) atoms. The van der Waals surface area contributed by atoms with Crippen LogP contribution in [0.2, 0.25) is 0 Å². The van der Waals surface area contributed by atoms with Crippen molar-refractivity contribution >= 4 is 5.91 Å². The second-order valence-corrected chi connectivity index (χ2v) is 3.73. The Balaban J connectivity index is 1.86. The number of hydrogen-bond acceptors (Lipinski definition) is 3. The molecule has 0 aliphatic rings. The minimum absolute atomic E-state index is 0.235. The number of nitrogens with zero attached hydrogens (tertiary/aromatic N) is 2. The minimum Gasteiger partial charge on any atom is -0.352 e. The number of amides is 1. The molecule has 1 N–H and O–H groups in total. The van der Waals surface area contributed by atoms with Gasteiger partial charge in [0.05, 0.1) is 18.0 Å². The van der Waals surface area contributed by atoms with Gasteiger partial charge in [-0.25, -0.2) is 4.39 Å². The van der Waals surface area contributed by atoms with E-state index in [4.69, 9.17) is 0 Å². The van der Waals surface area contributed by atoms with Crippen molar-refractivity contribution < 1.29 is 9.18 Å². The Labute approximate surface area is 104 Å². The third-order valence-corrected chi connectivity index (χ3v) is 2.48. The van der Waals surface area contributed by atoms with Gasteiger partial charge >= 0.3 is 0 Å². The molecule has 1 aromatic carbocycles. The topological polar surface area (TPSA) is 54.9 Å². The van der Waals surface area contributed by atoms with E-state index in [1.54, 1.807) is 24.3 Å². The highest BCUT2D eigenvalue weighted by Crippen LogP contribution is 2.06. The maximum Gasteiger partial charge on any atom is 0.252 e. The van der Waals surface area contributed by atoms with Gasteiger partial charge in [-0.3, -0.25) is 4.79 Å². The fourth-order valence-electron chi connectivity index (χ4n) is 1.54. The lowest BCUT2D eigenvalue weighted by molar-refractivity contribution is 0.0953. The number of hydrogen-bond donors (Lipinski definition) is 1. The largest absolute Gasteiger partial charge is 0.352 e. The van der Waals surface area contributed by atoms with E-state index in [-0.39, 0.29) is 11.7 Å². The van der Waals surface area contributed by atoms with Crippen LogP contribution in [-0.4, -0.2) is 22.6 Å². The van der Waals surface area contributed by atoms with E-state index in [2.05, 4.69) is 15.5 Å². The Bertz CT molecular complexity index is 531. The zero-order valence-corrected chi connectivity index (χ0v) is 9.64. The summed E-state index contributed by atoms with van der Waals surface area (Å²) in [5, 5.41) is 9.90. The Morgan fingerprint density at radius 1 is 1.22 bits per heavy atom. The molecule has 0 fully saturated rings. The minimum atomic E-state index is -0.252. The van der Waals surface area contributed by atoms with Crippen LogP contribution in [-0.2, 0) is 6.42 Å². The monoisotopic (exact) mass is 245 g/mol. The molecule has 2 aromatic rings. The maximum absolute atomic E-state index is 13.3. The molecular weight excluding hydrogens is 233 g/mol. The summed E-state index contributed by atoms with van der Waals surface area (Å²) in [6.07, 6.45) is 3.29. The molecule has 5 heteroatoms. The molecule has 0 atom stereocenters. The standard InChI is InChI=1S/C13H12FN3O/c14-12-4-2-1-3-10(12)5-7-15-13(18)11-6-8-16-17-9-11/h1-4,6,8-9H,5,7H2,(H,15,18). The summed E-state index contributed by atoms with van der Waals surface area (Å²) in [6, 6.07) is 8.10. The third kappa shape index (κ3) is 3.10. The van der Waals surface area contributed by atoms with Crippen LogP contribution in [0.3, 0.4) is 0 Å². The predicted molar refractivity (Wildman–Crippen MR) is 64.5 cm³/mol. The van der Waals surface area contributed by atoms with E-state index < -0.39 is 0 Å². The Kier molecular flexibility index (Phi) is 3.96. The zero-order chi connectivity index (χ0) is 12.8. The van der Waals surface area contributed by atoms with Gasteiger partial charge in [-0.1, -0.05) is 18.2 Å². The first-order chi connectivity index (χ1) is 8.77. The van der Waals surface area contributed by atoms with E-state index in [9.17, 15) is 9.18 Å². The van der Waals surface area contributed by atoms with Crippen molar-refractivity contribution in [3.63, 3.8) is 0 Å². The summed E-state index contributed by atoms with van der Waals surface area (Å²) < 4.78 is 13.3. The molecule has 1 aromatic heterocycles. The first-order valence-corrected chi connectivity index (χ1v) is 5.55. The third-order valence-electron chi connectivity index (χ3n) is 2.48. The van der Waals surface area contributed by atoms with E-state index in [0.717, 1.165) is 0 Å². The normalized spacial score (nSPS) is 10.1. The van der Waals surface area contributed by atoms with Gasteiger partial charge in [-0.15, -0.1) is 0 Å². The number of nitrogens with one attached hydrogen (secondary N) is 1. The maximum atomic E-state index is 13.3. The second-order valence-electron chi connectivity index (χ2n) is 3.73. The van der Waals surface area contributed by atoms with Crippen LogP contribution in [0.4, 0.5) is 4.39 Å². The van der Waals surface area contributed by atoms with E-state index in [0.29, 0.717) is 24.1 Å². The molecule has 1 amide bonds. The Morgan fingerprint density at radius 3 is 2.78 bits per heavy atom. The van der Waals surface area contributed by atoms with Gasteiger partial charge in [0, 0.05) is 6.54 Å². The van der Waals surface area contributed by atoms with Gasteiger partial charge in [-0.2, -0.15) is 10.2 Å². The number of carbonyl (C=O) groups is 1. The van der Waals surface area contributed by atoms with Crippen molar-refractivity contribution in [1.29, 1.82) is 0 Å². The van der Waals surface area contributed by atoms with Crippen LogP contribution < -0.4 is 5.32 Å². The second kappa shape index (κ2) is 5.86. The molecule has 0 aliphatic carbocycles. The summed E-state index contributed by atoms with van der Waals surface area (Å²) in [7, 11) is 0. The number of aromatic nitrogens is 2. The molecule has 4 nitrogen and oxygen atoms in total. The van der Waals surface area contributed by atoms with Crippen molar-refractivity contribution in [2.75, 3.05) is 6.54 Å². The van der Waals surface area contributed by atoms with Crippen LogP contribution in [0.25, 0.3) is 0 Å². The number of halogens is 1. The molecule has 0 aliphatic heterocycles. The molecular formula is C13H12FN3O. The predicted octanol–water partition coefficient (Wildman–Crippen LogP) is 1.59. The summed E-state index contributed by atoms with van der Waals surface area (Å²) in [6.45, 7) is 0.377. The molecule has 1 heterocycles. The molecule has 0 radical (unpaired) electrons. The fourth-order valence-corrected chi connectivity index (χ4v) is 1.54. The fraction of sp³-hybridized carbons (Fsp3) is 0.154. The van der Waals surface area contributed by atoms with Crippen LogP contribution in [0, 0.1) is 5.82 Å². The van der Waals surface area contributed by atoms with Crippen molar-refractivity contribution in [3.05, 3.63) is 59.7 Å². The number of carbonyl (C=O) groups excluding carboxylic acids is 1. The van der Waals surface area contributed by atoms with Crippen LogP contribution in [0.15, 0.2) is 42.7 Å². The van der Waals surface area contributed by atoms with Gasteiger partial charge in [0.25, 0.3) is 5.91 Å². The summed E-state index contributed by atoms with van der Waals surface area (Å²) in [5.74, 6) is -0.487. The number of rotatable bonds is 4. The van der Waals surface area contributed by atoms with Crippen LogP contribution in [0.5, 0.6) is 0 Å². The number of benzene rings is 1. The molecule has 0 bridgehead atoms. The average molecular weight is 245 g/mol. The molecule has 2 rings (SSSR count).